The van der Waals surface area contributed by atoms with Gasteiger partial charge in [-0.2, -0.15) is 0 Å². The third-order valence-electron chi connectivity index (χ3n) is 2.82. The van der Waals surface area contributed by atoms with Crippen LogP contribution in [0.3, 0.4) is 0 Å². The molecule has 1 saturated heterocycles. The van der Waals surface area contributed by atoms with Crippen LogP contribution in [0.25, 0.3) is 0 Å². The van der Waals surface area contributed by atoms with Crippen molar-refractivity contribution >= 4 is 21.8 Å². The van der Waals surface area contributed by atoms with Crippen LogP contribution in [0.1, 0.15) is 18.4 Å². The van der Waals surface area contributed by atoms with Crippen LogP contribution < -0.4 is 0 Å². The smallest absolute Gasteiger partial charge is 0.251 e. The van der Waals surface area contributed by atoms with Crippen LogP contribution in [0.15, 0.2) is 28.7 Å². The fraction of sp³-hybridized carbons (Fsp3) is 0.417. The molecule has 1 heterocycles. The quantitative estimate of drug-likeness (QED) is 0.901. The lowest BCUT2D eigenvalue weighted by molar-refractivity contribution is -0.144. The van der Waals surface area contributed by atoms with E-state index in [0.717, 1.165) is 23.0 Å². The van der Waals surface area contributed by atoms with E-state index in [-0.39, 0.29) is 5.91 Å². The summed E-state index contributed by atoms with van der Waals surface area (Å²) in [5, 5.41) is 9.49. The van der Waals surface area contributed by atoms with Crippen molar-refractivity contribution in [2.75, 3.05) is 6.54 Å². The minimum Gasteiger partial charge on any atom is -0.383 e. The van der Waals surface area contributed by atoms with Gasteiger partial charge in [-0.25, -0.2) is 0 Å². The normalized spacial score (nSPS) is 21.2. The maximum Gasteiger partial charge on any atom is 0.251 e. The van der Waals surface area contributed by atoms with Gasteiger partial charge in [0.05, 0.1) is 0 Å². The third-order valence-corrected chi connectivity index (χ3v) is 3.59. The first-order valence-electron chi connectivity index (χ1n) is 5.39. The average molecular weight is 284 g/mol. The molecule has 4 heteroatoms. The molecule has 1 fully saturated rings. The highest BCUT2D eigenvalue weighted by atomic mass is 79.9. The number of aliphatic hydroxyl groups excluding tert-OH is 1. The van der Waals surface area contributed by atoms with E-state index in [4.69, 9.17) is 0 Å². The third kappa shape index (κ3) is 2.44. The zero-order valence-corrected chi connectivity index (χ0v) is 10.5. The minimum atomic E-state index is -0.809. The van der Waals surface area contributed by atoms with Crippen molar-refractivity contribution < 1.29 is 9.90 Å². The topological polar surface area (TPSA) is 40.5 Å². The molecular weight excluding hydrogens is 270 g/mol. The second-order valence-electron chi connectivity index (χ2n) is 4.01. The molecule has 1 aromatic rings. The molecule has 86 valence electrons. The summed E-state index contributed by atoms with van der Waals surface area (Å²) in [6.07, 6.45) is 0.652. The van der Waals surface area contributed by atoms with Crippen LogP contribution in [0.5, 0.6) is 0 Å². The number of amides is 1. The van der Waals surface area contributed by atoms with Gasteiger partial charge in [-0.15, -0.1) is 0 Å². The van der Waals surface area contributed by atoms with Gasteiger partial charge in [-0.1, -0.05) is 34.1 Å². The standard InChI is InChI=1S/C12H14BrNO2/c13-10-5-2-1-4-9(10)8-14-7-3-6-11(15)12(14)16/h1-2,4-5,11,15H,3,6-8H2. The van der Waals surface area contributed by atoms with Crippen molar-refractivity contribution in [3.05, 3.63) is 34.3 Å². The van der Waals surface area contributed by atoms with Gasteiger partial charge in [-0.3, -0.25) is 4.79 Å². The van der Waals surface area contributed by atoms with Gasteiger partial charge in [0, 0.05) is 17.6 Å². The minimum absolute atomic E-state index is 0.151. The molecule has 0 aliphatic carbocycles. The van der Waals surface area contributed by atoms with Crippen molar-refractivity contribution in [2.45, 2.75) is 25.5 Å². The number of aliphatic hydroxyl groups is 1. The molecule has 1 aromatic carbocycles. The van der Waals surface area contributed by atoms with Gasteiger partial charge in [0.2, 0.25) is 0 Å². The van der Waals surface area contributed by atoms with Crippen LogP contribution in [0.2, 0.25) is 0 Å². The first-order chi connectivity index (χ1) is 7.68. The number of likely N-dealkylation sites (tertiary alicyclic amines) is 1. The van der Waals surface area contributed by atoms with Crippen molar-refractivity contribution in [1.82, 2.24) is 4.90 Å². The highest BCUT2D eigenvalue weighted by Crippen LogP contribution is 2.20. The number of piperidine rings is 1. The summed E-state index contributed by atoms with van der Waals surface area (Å²) in [6, 6.07) is 7.84. The molecule has 0 saturated carbocycles. The Hall–Kier alpha value is -0.870. The number of carbonyl (C=O) groups excluding carboxylic acids is 1. The number of hydrogen-bond acceptors (Lipinski definition) is 2. The predicted molar refractivity (Wildman–Crippen MR) is 64.8 cm³/mol. The number of rotatable bonds is 2. The Morgan fingerprint density at radius 3 is 2.94 bits per heavy atom. The summed E-state index contributed by atoms with van der Waals surface area (Å²) in [4.78, 5) is 13.4. The second-order valence-corrected chi connectivity index (χ2v) is 4.86. The fourth-order valence-corrected chi connectivity index (χ4v) is 2.32. The lowest BCUT2D eigenvalue weighted by atomic mass is 10.1. The average Bonchev–Trinajstić information content (AvgIpc) is 2.28. The van der Waals surface area contributed by atoms with Crippen molar-refractivity contribution in [2.24, 2.45) is 0 Å². The molecule has 16 heavy (non-hydrogen) atoms. The summed E-state index contributed by atoms with van der Waals surface area (Å²) >= 11 is 3.46. The van der Waals surface area contributed by atoms with Gasteiger partial charge >= 0.3 is 0 Å². The van der Waals surface area contributed by atoms with Gasteiger partial charge < -0.3 is 10.0 Å². The monoisotopic (exact) mass is 283 g/mol. The Bertz CT molecular complexity index is 394. The summed E-state index contributed by atoms with van der Waals surface area (Å²) in [6.45, 7) is 1.30. The Morgan fingerprint density at radius 1 is 1.44 bits per heavy atom. The number of halogens is 1. The molecule has 1 aliphatic rings. The molecule has 3 nitrogen and oxygen atoms in total. The van der Waals surface area contributed by atoms with E-state index in [0.29, 0.717) is 13.0 Å². The molecule has 1 atom stereocenters. The van der Waals surface area contributed by atoms with Crippen LogP contribution in [0.4, 0.5) is 0 Å². The van der Waals surface area contributed by atoms with Crippen LogP contribution in [0, 0.1) is 0 Å². The van der Waals surface area contributed by atoms with E-state index in [1.165, 1.54) is 0 Å². The van der Waals surface area contributed by atoms with Gasteiger partial charge in [0.25, 0.3) is 5.91 Å². The summed E-state index contributed by atoms with van der Waals surface area (Å²) < 4.78 is 1.00. The van der Waals surface area contributed by atoms with Crippen LogP contribution in [-0.4, -0.2) is 28.6 Å². The van der Waals surface area contributed by atoms with Crippen molar-refractivity contribution in [3.8, 4) is 0 Å². The zero-order valence-electron chi connectivity index (χ0n) is 8.90. The van der Waals surface area contributed by atoms with E-state index in [2.05, 4.69) is 15.9 Å². The van der Waals surface area contributed by atoms with E-state index in [1.807, 2.05) is 24.3 Å². The van der Waals surface area contributed by atoms with Crippen molar-refractivity contribution in [3.63, 3.8) is 0 Å². The molecule has 1 N–H and O–H groups in total. The Labute approximate surface area is 103 Å². The fourth-order valence-electron chi connectivity index (χ4n) is 1.91. The second kappa shape index (κ2) is 4.97. The lowest BCUT2D eigenvalue weighted by Gasteiger charge is -2.30. The zero-order chi connectivity index (χ0) is 11.5. The van der Waals surface area contributed by atoms with E-state index < -0.39 is 6.10 Å². The number of hydrogen-bond donors (Lipinski definition) is 1. The Kier molecular flexibility index (Phi) is 3.61. The molecule has 1 aliphatic heterocycles. The first kappa shape index (κ1) is 11.6. The molecular formula is C12H14BrNO2. The van der Waals surface area contributed by atoms with Gasteiger partial charge in [-0.05, 0) is 24.5 Å². The SMILES string of the molecule is O=C1C(O)CCCN1Cc1ccccc1Br. The number of nitrogens with zero attached hydrogens (tertiary/aromatic N) is 1. The Balaban J connectivity index is 2.10. The molecule has 1 amide bonds. The largest absolute Gasteiger partial charge is 0.383 e. The molecule has 0 aromatic heterocycles. The van der Waals surface area contributed by atoms with E-state index in [1.54, 1.807) is 4.90 Å². The Morgan fingerprint density at radius 2 is 2.19 bits per heavy atom. The highest BCUT2D eigenvalue weighted by molar-refractivity contribution is 9.10. The van der Waals surface area contributed by atoms with Gasteiger partial charge in [0.15, 0.2) is 0 Å². The summed E-state index contributed by atoms with van der Waals surface area (Å²) in [7, 11) is 0. The molecule has 0 bridgehead atoms. The molecule has 0 spiro atoms. The maximum absolute atomic E-state index is 11.7. The van der Waals surface area contributed by atoms with Crippen LogP contribution >= 0.6 is 15.9 Å². The van der Waals surface area contributed by atoms with Gasteiger partial charge in [0.1, 0.15) is 6.10 Å². The molecule has 2 rings (SSSR count). The highest BCUT2D eigenvalue weighted by Gasteiger charge is 2.26. The molecule has 1 unspecified atom stereocenters. The summed E-state index contributed by atoms with van der Waals surface area (Å²) in [5.41, 5.74) is 1.07. The van der Waals surface area contributed by atoms with E-state index in [9.17, 15) is 9.90 Å². The lowest BCUT2D eigenvalue weighted by Crippen LogP contribution is -2.43. The van der Waals surface area contributed by atoms with Crippen molar-refractivity contribution in [1.29, 1.82) is 0 Å². The first-order valence-corrected chi connectivity index (χ1v) is 6.18. The summed E-state index contributed by atoms with van der Waals surface area (Å²) in [5.74, 6) is -0.151. The number of benzene rings is 1. The molecule has 0 radical (unpaired) electrons. The predicted octanol–water partition coefficient (Wildman–Crippen LogP) is 1.93. The van der Waals surface area contributed by atoms with Crippen LogP contribution in [-0.2, 0) is 11.3 Å². The maximum atomic E-state index is 11.7. The van der Waals surface area contributed by atoms with E-state index >= 15 is 0 Å². The number of carbonyl (C=O) groups is 1.